The summed E-state index contributed by atoms with van der Waals surface area (Å²) in [7, 11) is 0. The Morgan fingerprint density at radius 2 is 2.05 bits per heavy atom. The van der Waals surface area contributed by atoms with Crippen LogP contribution in [0.2, 0.25) is 5.02 Å². The first-order valence-electron chi connectivity index (χ1n) is 5.59. The van der Waals surface area contributed by atoms with E-state index < -0.39 is 4.92 Å². The molecule has 0 atom stereocenters. The largest absolute Gasteiger partial charge is 0.380 e. The van der Waals surface area contributed by atoms with Crippen molar-refractivity contribution in [3.05, 3.63) is 67.4 Å². The predicted octanol–water partition coefficient (Wildman–Crippen LogP) is 4.76. The Balaban J connectivity index is 2.18. The van der Waals surface area contributed by atoms with Crippen molar-refractivity contribution in [2.75, 3.05) is 5.32 Å². The fraction of sp³-hybridized carbons (Fsp3) is 0.0769. The highest BCUT2D eigenvalue weighted by Gasteiger charge is 2.10. The lowest BCUT2D eigenvalue weighted by atomic mass is 10.2. The summed E-state index contributed by atoms with van der Waals surface area (Å²) in [5, 5.41) is 14.1. The fourth-order valence-corrected chi connectivity index (χ4v) is 2.29. The minimum atomic E-state index is -0.491. The van der Waals surface area contributed by atoms with Gasteiger partial charge in [0.15, 0.2) is 0 Å². The van der Waals surface area contributed by atoms with E-state index in [0.29, 0.717) is 21.7 Å². The third-order valence-electron chi connectivity index (χ3n) is 2.65. The fourth-order valence-electron chi connectivity index (χ4n) is 1.62. The molecule has 0 amide bonds. The lowest BCUT2D eigenvalue weighted by Gasteiger charge is -2.09. The summed E-state index contributed by atoms with van der Waals surface area (Å²) in [5.41, 5.74) is 1.22. The van der Waals surface area contributed by atoms with Crippen LogP contribution in [0, 0.1) is 15.9 Å². The lowest BCUT2D eigenvalue weighted by molar-refractivity contribution is -0.384. The molecule has 0 aromatic heterocycles. The first kappa shape index (κ1) is 14.7. The number of hydrogen-bond acceptors (Lipinski definition) is 3. The number of nitrogens with zero attached hydrogens (tertiary/aromatic N) is 1. The Hall–Kier alpha value is -1.66. The molecule has 2 aromatic carbocycles. The van der Waals surface area contributed by atoms with E-state index in [1.54, 1.807) is 6.07 Å². The molecular formula is C13H9BrClFN2O2. The number of rotatable bonds is 4. The molecule has 0 aliphatic heterocycles. The molecule has 4 nitrogen and oxygen atoms in total. The van der Waals surface area contributed by atoms with Crippen molar-refractivity contribution in [2.24, 2.45) is 0 Å². The molecular weight excluding hydrogens is 351 g/mol. The zero-order chi connectivity index (χ0) is 14.7. The Bertz CT molecular complexity index is 667. The second-order valence-electron chi connectivity index (χ2n) is 4.01. The van der Waals surface area contributed by atoms with Crippen LogP contribution in [0.4, 0.5) is 15.8 Å². The van der Waals surface area contributed by atoms with Gasteiger partial charge < -0.3 is 5.32 Å². The molecule has 0 bridgehead atoms. The quantitative estimate of drug-likeness (QED) is 0.632. The van der Waals surface area contributed by atoms with Crippen LogP contribution < -0.4 is 5.32 Å². The van der Waals surface area contributed by atoms with Gasteiger partial charge in [-0.25, -0.2) is 4.39 Å². The summed E-state index contributed by atoms with van der Waals surface area (Å²) in [5.74, 6) is -0.339. The summed E-state index contributed by atoms with van der Waals surface area (Å²) in [6.45, 7) is 0.363. The second kappa shape index (κ2) is 6.19. The molecule has 0 fully saturated rings. The zero-order valence-electron chi connectivity index (χ0n) is 10.1. The molecule has 0 aliphatic carbocycles. The van der Waals surface area contributed by atoms with Crippen molar-refractivity contribution < 1.29 is 9.31 Å². The standard InChI is InChI=1S/C13H9BrClFN2O2/c14-11-5-9(16)2-1-8(11)7-17-13-6-10(18(19)20)3-4-12(13)15/h1-6,17H,7H2. The van der Waals surface area contributed by atoms with Crippen LogP contribution in [-0.2, 0) is 6.54 Å². The normalized spacial score (nSPS) is 10.3. The maximum Gasteiger partial charge on any atom is 0.271 e. The van der Waals surface area contributed by atoms with Crippen molar-refractivity contribution in [1.29, 1.82) is 0 Å². The Morgan fingerprint density at radius 3 is 2.70 bits per heavy atom. The van der Waals surface area contributed by atoms with Gasteiger partial charge in [0.25, 0.3) is 5.69 Å². The van der Waals surface area contributed by atoms with Crippen LogP contribution in [-0.4, -0.2) is 4.92 Å². The molecule has 0 aliphatic rings. The number of benzene rings is 2. The molecule has 20 heavy (non-hydrogen) atoms. The van der Waals surface area contributed by atoms with Gasteiger partial charge in [-0.05, 0) is 23.8 Å². The van der Waals surface area contributed by atoms with Crippen molar-refractivity contribution in [2.45, 2.75) is 6.54 Å². The monoisotopic (exact) mass is 358 g/mol. The van der Waals surface area contributed by atoms with E-state index in [-0.39, 0.29) is 11.5 Å². The Morgan fingerprint density at radius 1 is 1.30 bits per heavy atom. The van der Waals surface area contributed by atoms with Crippen LogP contribution in [0.25, 0.3) is 0 Å². The molecule has 2 aromatic rings. The first-order valence-corrected chi connectivity index (χ1v) is 6.76. The minimum absolute atomic E-state index is 0.0462. The van der Waals surface area contributed by atoms with Gasteiger partial charge in [-0.1, -0.05) is 33.6 Å². The maximum atomic E-state index is 13.0. The third kappa shape index (κ3) is 3.46. The summed E-state index contributed by atoms with van der Waals surface area (Å²) >= 11 is 9.23. The number of nitrogens with one attached hydrogen (secondary N) is 1. The SMILES string of the molecule is O=[N+]([O-])c1ccc(Cl)c(NCc2ccc(F)cc2Br)c1. The zero-order valence-corrected chi connectivity index (χ0v) is 12.4. The topological polar surface area (TPSA) is 55.2 Å². The number of non-ortho nitro benzene ring substituents is 1. The van der Waals surface area contributed by atoms with Crippen molar-refractivity contribution >= 4 is 38.9 Å². The van der Waals surface area contributed by atoms with E-state index in [0.717, 1.165) is 5.56 Å². The molecule has 0 radical (unpaired) electrons. The van der Waals surface area contributed by atoms with Gasteiger partial charge in [-0.3, -0.25) is 10.1 Å². The third-order valence-corrected chi connectivity index (χ3v) is 3.71. The smallest absolute Gasteiger partial charge is 0.271 e. The van der Waals surface area contributed by atoms with Gasteiger partial charge >= 0.3 is 0 Å². The number of anilines is 1. The van der Waals surface area contributed by atoms with Crippen molar-refractivity contribution in [3.8, 4) is 0 Å². The summed E-state index contributed by atoms with van der Waals surface area (Å²) in [4.78, 5) is 10.2. The number of halogens is 3. The second-order valence-corrected chi connectivity index (χ2v) is 5.27. The number of hydrogen-bond donors (Lipinski definition) is 1. The van der Waals surface area contributed by atoms with Crippen molar-refractivity contribution in [3.63, 3.8) is 0 Å². The number of nitro groups is 1. The predicted molar refractivity (Wildman–Crippen MR) is 79.5 cm³/mol. The highest BCUT2D eigenvalue weighted by Crippen LogP contribution is 2.28. The highest BCUT2D eigenvalue weighted by molar-refractivity contribution is 9.10. The highest BCUT2D eigenvalue weighted by atomic mass is 79.9. The van der Waals surface area contributed by atoms with Crippen LogP contribution in [0.3, 0.4) is 0 Å². The molecule has 0 unspecified atom stereocenters. The van der Waals surface area contributed by atoms with Crippen LogP contribution in [0.5, 0.6) is 0 Å². The van der Waals surface area contributed by atoms with Crippen LogP contribution in [0.1, 0.15) is 5.56 Å². The van der Waals surface area contributed by atoms with Gasteiger partial charge in [0.2, 0.25) is 0 Å². The van der Waals surface area contributed by atoms with Crippen LogP contribution in [0.15, 0.2) is 40.9 Å². The van der Waals surface area contributed by atoms with Crippen molar-refractivity contribution in [1.82, 2.24) is 0 Å². The Kier molecular flexibility index (Phi) is 4.57. The van der Waals surface area contributed by atoms with E-state index in [2.05, 4.69) is 21.2 Å². The lowest BCUT2D eigenvalue weighted by Crippen LogP contribution is -2.01. The Labute approximate surface area is 127 Å². The van der Waals surface area contributed by atoms with Gasteiger partial charge in [-0.15, -0.1) is 0 Å². The van der Waals surface area contributed by atoms with E-state index >= 15 is 0 Å². The van der Waals surface area contributed by atoms with E-state index in [9.17, 15) is 14.5 Å². The maximum absolute atomic E-state index is 13.0. The average Bonchev–Trinajstić information content (AvgIpc) is 2.39. The van der Waals surface area contributed by atoms with Gasteiger partial charge in [0.1, 0.15) is 5.82 Å². The molecule has 0 heterocycles. The summed E-state index contributed by atoms with van der Waals surface area (Å²) in [6, 6.07) is 8.48. The van der Waals surface area contributed by atoms with Gasteiger partial charge in [-0.2, -0.15) is 0 Å². The molecule has 104 valence electrons. The van der Waals surface area contributed by atoms with E-state index in [1.807, 2.05) is 0 Å². The molecule has 0 saturated heterocycles. The first-order chi connectivity index (χ1) is 9.47. The molecule has 0 spiro atoms. The molecule has 1 N–H and O–H groups in total. The summed E-state index contributed by atoms with van der Waals surface area (Å²) < 4.78 is 13.6. The van der Waals surface area contributed by atoms with E-state index in [1.165, 1.54) is 30.3 Å². The van der Waals surface area contributed by atoms with Gasteiger partial charge in [0.05, 0.1) is 15.6 Å². The average molecular weight is 360 g/mol. The molecule has 7 heteroatoms. The number of nitro benzene ring substituents is 1. The summed E-state index contributed by atoms with van der Waals surface area (Å²) in [6.07, 6.45) is 0. The van der Waals surface area contributed by atoms with E-state index in [4.69, 9.17) is 11.6 Å². The molecule has 2 rings (SSSR count). The minimum Gasteiger partial charge on any atom is -0.380 e. The van der Waals surface area contributed by atoms with Gasteiger partial charge in [0, 0.05) is 23.2 Å². The molecule has 0 saturated carbocycles. The van der Waals surface area contributed by atoms with Crippen LogP contribution >= 0.6 is 27.5 Å².